The molecular formula is C14H11N3. The number of H-pyrrole nitrogens is 1. The first kappa shape index (κ1) is 9.78. The molecule has 0 aliphatic heterocycles. The standard InChI is InChI=1S/C14H11N3/c1-2-4-11(5-3-1)6-7-13-12-8-9-15-14(12)17-10-16-13/h1-10H,(H,15,16,17)/b7-6+. The molecule has 2 heterocycles. The molecule has 0 amide bonds. The van der Waals surface area contributed by atoms with Gasteiger partial charge in [-0.3, -0.25) is 0 Å². The number of nitrogens with one attached hydrogen (secondary N) is 1. The van der Waals surface area contributed by atoms with Crippen molar-refractivity contribution in [1.82, 2.24) is 15.0 Å². The number of rotatable bonds is 2. The Morgan fingerprint density at radius 2 is 1.82 bits per heavy atom. The molecule has 1 aromatic carbocycles. The minimum absolute atomic E-state index is 0.868. The molecule has 0 saturated heterocycles. The summed E-state index contributed by atoms with van der Waals surface area (Å²) >= 11 is 0. The summed E-state index contributed by atoms with van der Waals surface area (Å²) in [6, 6.07) is 12.2. The van der Waals surface area contributed by atoms with Crippen LogP contribution in [0.3, 0.4) is 0 Å². The molecule has 2 aromatic heterocycles. The molecule has 82 valence electrons. The third kappa shape index (κ3) is 1.95. The summed E-state index contributed by atoms with van der Waals surface area (Å²) in [4.78, 5) is 11.5. The average molecular weight is 221 g/mol. The zero-order valence-corrected chi connectivity index (χ0v) is 9.17. The van der Waals surface area contributed by atoms with Crippen LogP contribution in [0.4, 0.5) is 0 Å². The van der Waals surface area contributed by atoms with Crippen LogP contribution in [0, 0.1) is 0 Å². The summed E-state index contributed by atoms with van der Waals surface area (Å²) in [6.07, 6.45) is 7.50. The topological polar surface area (TPSA) is 41.6 Å². The monoisotopic (exact) mass is 221 g/mol. The molecule has 0 unspecified atom stereocenters. The van der Waals surface area contributed by atoms with Gasteiger partial charge in [0.2, 0.25) is 0 Å². The van der Waals surface area contributed by atoms with Gasteiger partial charge in [0.25, 0.3) is 0 Å². The molecule has 3 heteroatoms. The van der Waals surface area contributed by atoms with Crippen LogP contribution in [0.5, 0.6) is 0 Å². The van der Waals surface area contributed by atoms with Gasteiger partial charge in [0.05, 0.1) is 5.69 Å². The normalized spacial score (nSPS) is 11.3. The van der Waals surface area contributed by atoms with Crippen LogP contribution in [0.2, 0.25) is 0 Å². The number of aromatic nitrogens is 3. The fourth-order valence-corrected chi connectivity index (χ4v) is 1.76. The average Bonchev–Trinajstić information content (AvgIpc) is 2.86. The van der Waals surface area contributed by atoms with E-state index in [1.54, 1.807) is 6.33 Å². The molecule has 0 aliphatic rings. The molecular weight excluding hydrogens is 210 g/mol. The number of hydrogen-bond donors (Lipinski definition) is 1. The first-order valence-electron chi connectivity index (χ1n) is 5.45. The zero-order valence-electron chi connectivity index (χ0n) is 9.17. The Kier molecular flexibility index (Phi) is 2.43. The molecule has 3 aromatic rings. The lowest BCUT2D eigenvalue weighted by atomic mass is 10.2. The number of aromatic amines is 1. The molecule has 0 atom stereocenters. The van der Waals surface area contributed by atoms with Crippen LogP contribution in [-0.2, 0) is 0 Å². The van der Waals surface area contributed by atoms with Gasteiger partial charge in [-0.25, -0.2) is 9.97 Å². The van der Waals surface area contributed by atoms with Crippen molar-refractivity contribution in [1.29, 1.82) is 0 Å². The van der Waals surface area contributed by atoms with E-state index in [-0.39, 0.29) is 0 Å². The molecule has 0 fully saturated rings. The first-order valence-corrected chi connectivity index (χ1v) is 5.45. The predicted octanol–water partition coefficient (Wildman–Crippen LogP) is 3.13. The van der Waals surface area contributed by atoms with Crippen LogP contribution in [0.15, 0.2) is 48.9 Å². The lowest BCUT2D eigenvalue weighted by Crippen LogP contribution is -1.84. The third-order valence-corrected chi connectivity index (χ3v) is 2.62. The molecule has 0 radical (unpaired) electrons. The van der Waals surface area contributed by atoms with E-state index in [0.717, 1.165) is 22.3 Å². The fourth-order valence-electron chi connectivity index (χ4n) is 1.76. The summed E-state index contributed by atoms with van der Waals surface area (Å²) in [5.74, 6) is 0. The first-order chi connectivity index (χ1) is 8.43. The fraction of sp³-hybridized carbons (Fsp3) is 0. The van der Waals surface area contributed by atoms with Crippen molar-refractivity contribution in [2.24, 2.45) is 0 Å². The van der Waals surface area contributed by atoms with E-state index in [1.165, 1.54) is 0 Å². The minimum atomic E-state index is 0.868. The van der Waals surface area contributed by atoms with E-state index in [0.29, 0.717) is 0 Å². The largest absolute Gasteiger partial charge is 0.346 e. The predicted molar refractivity (Wildman–Crippen MR) is 69.3 cm³/mol. The lowest BCUT2D eigenvalue weighted by molar-refractivity contribution is 1.19. The quantitative estimate of drug-likeness (QED) is 0.722. The highest BCUT2D eigenvalue weighted by Gasteiger charge is 2.00. The summed E-state index contributed by atoms with van der Waals surface area (Å²) in [5, 5.41) is 1.04. The van der Waals surface area contributed by atoms with E-state index in [1.807, 2.05) is 36.5 Å². The highest BCUT2D eigenvalue weighted by Crippen LogP contribution is 2.15. The van der Waals surface area contributed by atoms with E-state index < -0.39 is 0 Å². The summed E-state index contributed by atoms with van der Waals surface area (Å²) < 4.78 is 0. The molecule has 17 heavy (non-hydrogen) atoms. The molecule has 1 N–H and O–H groups in total. The van der Waals surface area contributed by atoms with E-state index >= 15 is 0 Å². The summed E-state index contributed by atoms with van der Waals surface area (Å²) in [5.41, 5.74) is 2.96. The lowest BCUT2D eigenvalue weighted by Gasteiger charge is -1.95. The minimum Gasteiger partial charge on any atom is -0.346 e. The van der Waals surface area contributed by atoms with E-state index in [4.69, 9.17) is 0 Å². The summed E-state index contributed by atoms with van der Waals surface area (Å²) in [6.45, 7) is 0. The molecule has 0 spiro atoms. The van der Waals surface area contributed by atoms with Gasteiger partial charge in [0.15, 0.2) is 0 Å². The van der Waals surface area contributed by atoms with E-state index in [2.05, 4.69) is 33.2 Å². The van der Waals surface area contributed by atoms with Gasteiger partial charge in [0, 0.05) is 11.6 Å². The Morgan fingerprint density at radius 1 is 0.941 bits per heavy atom. The molecule has 0 bridgehead atoms. The number of hydrogen-bond acceptors (Lipinski definition) is 2. The van der Waals surface area contributed by atoms with Crippen LogP contribution in [-0.4, -0.2) is 15.0 Å². The molecule has 0 saturated carbocycles. The van der Waals surface area contributed by atoms with Gasteiger partial charge in [0.1, 0.15) is 12.0 Å². The Morgan fingerprint density at radius 3 is 2.71 bits per heavy atom. The van der Waals surface area contributed by atoms with Crippen LogP contribution >= 0.6 is 0 Å². The second kappa shape index (κ2) is 4.22. The van der Waals surface area contributed by atoms with Crippen molar-refractivity contribution in [2.75, 3.05) is 0 Å². The van der Waals surface area contributed by atoms with Gasteiger partial charge in [-0.15, -0.1) is 0 Å². The second-order valence-corrected chi connectivity index (χ2v) is 3.74. The SMILES string of the molecule is C(=C\c1ncnc2[nH]ccc12)/c1ccccc1. The molecule has 0 aliphatic carbocycles. The highest BCUT2D eigenvalue weighted by molar-refractivity contribution is 5.86. The van der Waals surface area contributed by atoms with Gasteiger partial charge >= 0.3 is 0 Å². The maximum Gasteiger partial charge on any atom is 0.141 e. The second-order valence-electron chi connectivity index (χ2n) is 3.74. The van der Waals surface area contributed by atoms with Crippen molar-refractivity contribution in [2.45, 2.75) is 0 Å². The van der Waals surface area contributed by atoms with E-state index in [9.17, 15) is 0 Å². The van der Waals surface area contributed by atoms with Crippen molar-refractivity contribution in [3.8, 4) is 0 Å². The van der Waals surface area contributed by atoms with Crippen LogP contribution < -0.4 is 0 Å². The van der Waals surface area contributed by atoms with Crippen molar-refractivity contribution in [3.63, 3.8) is 0 Å². The van der Waals surface area contributed by atoms with Crippen molar-refractivity contribution >= 4 is 23.2 Å². The number of benzene rings is 1. The zero-order chi connectivity index (χ0) is 11.5. The van der Waals surface area contributed by atoms with Gasteiger partial charge in [-0.1, -0.05) is 36.4 Å². The van der Waals surface area contributed by atoms with Crippen LogP contribution in [0.1, 0.15) is 11.3 Å². The maximum absolute atomic E-state index is 4.28. The Hall–Kier alpha value is -2.42. The van der Waals surface area contributed by atoms with Gasteiger partial charge in [-0.2, -0.15) is 0 Å². The number of nitrogens with zero attached hydrogens (tertiary/aromatic N) is 2. The highest BCUT2D eigenvalue weighted by atomic mass is 14.9. The Labute approximate surface area is 98.9 Å². The Bertz CT molecular complexity index is 653. The van der Waals surface area contributed by atoms with Crippen molar-refractivity contribution in [3.05, 3.63) is 60.2 Å². The van der Waals surface area contributed by atoms with Crippen molar-refractivity contribution < 1.29 is 0 Å². The Balaban J connectivity index is 2.00. The smallest absolute Gasteiger partial charge is 0.141 e. The third-order valence-electron chi connectivity index (χ3n) is 2.62. The number of fused-ring (bicyclic) bond motifs is 1. The molecule has 3 rings (SSSR count). The van der Waals surface area contributed by atoms with Gasteiger partial charge in [-0.05, 0) is 17.7 Å². The molecule has 3 nitrogen and oxygen atoms in total. The van der Waals surface area contributed by atoms with Gasteiger partial charge < -0.3 is 4.98 Å². The van der Waals surface area contributed by atoms with Crippen LogP contribution in [0.25, 0.3) is 23.2 Å². The maximum atomic E-state index is 4.28. The summed E-state index contributed by atoms with van der Waals surface area (Å²) in [7, 11) is 0.